The van der Waals surface area contributed by atoms with Gasteiger partial charge in [0.25, 0.3) is 5.91 Å². The van der Waals surface area contributed by atoms with Crippen LogP contribution in [0.15, 0.2) is 82.2 Å². The van der Waals surface area contributed by atoms with Crippen LogP contribution in [-0.2, 0) is 0 Å². The zero-order valence-electron chi connectivity index (χ0n) is 18.1. The van der Waals surface area contributed by atoms with Crippen LogP contribution in [0.2, 0.25) is 0 Å². The van der Waals surface area contributed by atoms with Gasteiger partial charge in [-0.25, -0.2) is 4.68 Å². The number of carbonyl (C=O) groups is 1. The summed E-state index contributed by atoms with van der Waals surface area (Å²) in [4.78, 5) is 14.0. The first-order valence-electron chi connectivity index (χ1n) is 10.6. The van der Waals surface area contributed by atoms with Gasteiger partial charge in [0.2, 0.25) is 0 Å². The standard InChI is InChI=1S/C25H21N5O2S/c1-3-33-22-12-8-7-11-21(22)26-25(31)23-16(2)30(29-27-23)18-13-14-20-19(15-18)24(32-28-20)17-9-5-4-6-10-17/h4-15H,3H2,1-2H3,(H,26,31). The molecule has 5 aromatic rings. The van der Waals surface area contributed by atoms with Gasteiger partial charge in [-0.15, -0.1) is 16.9 Å². The summed E-state index contributed by atoms with van der Waals surface area (Å²) in [5.74, 6) is 1.31. The van der Waals surface area contributed by atoms with E-state index < -0.39 is 0 Å². The maximum absolute atomic E-state index is 13.0. The van der Waals surface area contributed by atoms with Crippen molar-refractivity contribution in [1.29, 1.82) is 0 Å². The van der Waals surface area contributed by atoms with E-state index in [4.69, 9.17) is 4.52 Å². The van der Waals surface area contributed by atoms with Gasteiger partial charge in [-0.2, -0.15) is 0 Å². The second kappa shape index (κ2) is 8.91. The first kappa shape index (κ1) is 21.0. The zero-order chi connectivity index (χ0) is 22.8. The fourth-order valence-electron chi connectivity index (χ4n) is 3.68. The molecule has 0 saturated heterocycles. The summed E-state index contributed by atoms with van der Waals surface area (Å²) in [6, 6.07) is 23.3. The molecule has 2 aromatic heterocycles. The van der Waals surface area contributed by atoms with Crippen molar-refractivity contribution < 1.29 is 9.32 Å². The summed E-state index contributed by atoms with van der Waals surface area (Å²) in [6.45, 7) is 3.91. The fourth-order valence-corrected chi connectivity index (χ4v) is 4.44. The zero-order valence-corrected chi connectivity index (χ0v) is 19.0. The van der Waals surface area contributed by atoms with Crippen molar-refractivity contribution in [2.24, 2.45) is 0 Å². The van der Waals surface area contributed by atoms with Crippen LogP contribution in [0.3, 0.4) is 0 Å². The van der Waals surface area contributed by atoms with Crippen LogP contribution in [0.1, 0.15) is 23.1 Å². The summed E-state index contributed by atoms with van der Waals surface area (Å²) < 4.78 is 7.26. The molecule has 0 atom stereocenters. The smallest absolute Gasteiger partial charge is 0.278 e. The van der Waals surface area contributed by atoms with E-state index >= 15 is 0 Å². The van der Waals surface area contributed by atoms with E-state index in [2.05, 4.69) is 27.7 Å². The topological polar surface area (TPSA) is 85.8 Å². The van der Waals surface area contributed by atoms with E-state index in [0.717, 1.165) is 38.5 Å². The van der Waals surface area contributed by atoms with Gasteiger partial charge < -0.3 is 9.84 Å². The molecule has 2 heterocycles. The van der Waals surface area contributed by atoms with Gasteiger partial charge in [0.05, 0.1) is 22.5 Å². The van der Waals surface area contributed by atoms with Gasteiger partial charge in [0.1, 0.15) is 5.52 Å². The second-order valence-corrected chi connectivity index (χ2v) is 8.70. The van der Waals surface area contributed by atoms with Crippen LogP contribution in [0.5, 0.6) is 0 Å². The Labute approximate surface area is 194 Å². The SMILES string of the molecule is CCSc1ccccc1NC(=O)c1nnn(-c2ccc3noc(-c4ccccc4)c3c2)c1C. The molecule has 1 N–H and O–H groups in total. The van der Waals surface area contributed by atoms with E-state index in [1.165, 1.54) is 0 Å². The molecule has 0 aliphatic heterocycles. The number of anilines is 1. The lowest BCUT2D eigenvalue weighted by Crippen LogP contribution is -2.14. The van der Waals surface area contributed by atoms with E-state index in [9.17, 15) is 4.79 Å². The summed E-state index contributed by atoms with van der Waals surface area (Å²) >= 11 is 1.68. The van der Waals surface area contributed by atoms with Gasteiger partial charge in [-0.05, 0) is 43.0 Å². The van der Waals surface area contributed by atoms with E-state index in [1.807, 2.05) is 79.7 Å². The van der Waals surface area contributed by atoms with Crippen molar-refractivity contribution in [1.82, 2.24) is 20.2 Å². The van der Waals surface area contributed by atoms with Crippen LogP contribution >= 0.6 is 11.8 Å². The number of para-hydroxylation sites is 1. The molecular formula is C25H21N5O2S. The van der Waals surface area contributed by atoms with Gasteiger partial charge in [-0.1, -0.05) is 59.8 Å². The molecule has 0 unspecified atom stereocenters. The van der Waals surface area contributed by atoms with Gasteiger partial charge >= 0.3 is 0 Å². The minimum Gasteiger partial charge on any atom is -0.355 e. The van der Waals surface area contributed by atoms with E-state index in [1.54, 1.807) is 16.4 Å². The van der Waals surface area contributed by atoms with Crippen molar-refractivity contribution in [3.05, 3.63) is 84.2 Å². The van der Waals surface area contributed by atoms with Crippen molar-refractivity contribution >= 4 is 34.3 Å². The monoisotopic (exact) mass is 455 g/mol. The average molecular weight is 456 g/mol. The number of fused-ring (bicyclic) bond motifs is 1. The van der Waals surface area contributed by atoms with Gasteiger partial charge in [0.15, 0.2) is 11.5 Å². The number of thioether (sulfide) groups is 1. The predicted octanol–water partition coefficient (Wildman–Crippen LogP) is 5.75. The molecule has 7 nitrogen and oxygen atoms in total. The maximum Gasteiger partial charge on any atom is 0.278 e. The predicted molar refractivity (Wildman–Crippen MR) is 130 cm³/mol. The largest absolute Gasteiger partial charge is 0.355 e. The van der Waals surface area contributed by atoms with Gasteiger partial charge in [-0.3, -0.25) is 4.79 Å². The number of carbonyl (C=O) groups excluding carboxylic acids is 1. The second-order valence-electron chi connectivity index (χ2n) is 7.40. The van der Waals surface area contributed by atoms with Crippen LogP contribution in [0.4, 0.5) is 5.69 Å². The lowest BCUT2D eigenvalue weighted by atomic mass is 10.1. The van der Waals surface area contributed by atoms with Crippen LogP contribution in [0.25, 0.3) is 27.9 Å². The minimum absolute atomic E-state index is 0.278. The molecule has 3 aromatic carbocycles. The van der Waals surface area contributed by atoms with Gasteiger partial charge in [0, 0.05) is 10.5 Å². The molecule has 0 bridgehead atoms. The molecule has 1 amide bonds. The van der Waals surface area contributed by atoms with Crippen molar-refractivity contribution in [2.45, 2.75) is 18.7 Å². The Balaban J connectivity index is 1.47. The van der Waals surface area contributed by atoms with Crippen LogP contribution < -0.4 is 5.32 Å². The molecule has 0 saturated carbocycles. The first-order chi connectivity index (χ1) is 16.2. The highest BCUT2D eigenvalue weighted by molar-refractivity contribution is 7.99. The highest BCUT2D eigenvalue weighted by Crippen LogP contribution is 2.31. The van der Waals surface area contributed by atoms with Crippen LogP contribution in [-0.4, -0.2) is 31.8 Å². The Morgan fingerprint density at radius 2 is 1.85 bits per heavy atom. The lowest BCUT2D eigenvalue weighted by Gasteiger charge is -2.09. The Morgan fingerprint density at radius 1 is 1.06 bits per heavy atom. The molecule has 0 radical (unpaired) electrons. The molecule has 164 valence electrons. The summed E-state index contributed by atoms with van der Waals surface area (Å²) in [7, 11) is 0. The number of rotatable bonds is 6. The minimum atomic E-state index is -0.293. The number of hydrogen-bond donors (Lipinski definition) is 1. The molecular weight excluding hydrogens is 434 g/mol. The quantitative estimate of drug-likeness (QED) is 0.328. The third kappa shape index (κ3) is 4.01. The molecule has 33 heavy (non-hydrogen) atoms. The fraction of sp³-hybridized carbons (Fsp3) is 0.120. The Hall–Kier alpha value is -3.91. The third-order valence-electron chi connectivity index (χ3n) is 5.29. The molecule has 0 aliphatic carbocycles. The normalized spacial score (nSPS) is 11.1. The summed E-state index contributed by atoms with van der Waals surface area (Å²) in [5.41, 5.74) is 4.15. The lowest BCUT2D eigenvalue weighted by molar-refractivity contribution is 0.102. The number of hydrogen-bond acceptors (Lipinski definition) is 6. The first-order valence-corrected chi connectivity index (χ1v) is 11.5. The number of nitrogens with zero attached hydrogens (tertiary/aromatic N) is 4. The van der Waals surface area contributed by atoms with E-state index in [-0.39, 0.29) is 11.6 Å². The summed E-state index contributed by atoms with van der Waals surface area (Å²) in [5, 5.41) is 16.4. The van der Waals surface area contributed by atoms with Crippen molar-refractivity contribution in [3.8, 4) is 17.0 Å². The number of benzene rings is 3. The average Bonchev–Trinajstić information content (AvgIpc) is 3.44. The molecule has 8 heteroatoms. The highest BCUT2D eigenvalue weighted by atomic mass is 32.2. The molecule has 0 aliphatic rings. The Bertz CT molecular complexity index is 1440. The number of amides is 1. The van der Waals surface area contributed by atoms with Crippen molar-refractivity contribution in [3.63, 3.8) is 0 Å². The van der Waals surface area contributed by atoms with E-state index in [0.29, 0.717) is 11.5 Å². The summed E-state index contributed by atoms with van der Waals surface area (Å²) in [6.07, 6.45) is 0. The Kier molecular flexibility index (Phi) is 5.66. The maximum atomic E-state index is 13.0. The highest BCUT2D eigenvalue weighted by Gasteiger charge is 2.20. The Morgan fingerprint density at radius 3 is 2.67 bits per heavy atom. The molecule has 0 spiro atoms. The third-order valence-corrected chi connectivity index (χ3v) is 6.24. The van der Waals surface area contributed by atoms with Crippen molar-refractivity contribution in [2.75, 3.05) is 11.1 Å². The number of nitrogens with one attached hydrogen (secondary N) is 1. The number of aromatic nitrogens is 4. The molecule has 5 rings (SSSR count). The molecule has 0 fully saturated rings. The van der Waals surface area contributed by atoms with Crippen LogP contribution in [0, 0.1) is 6.92 Å².